The second kappa shape index (κ2) is 8.23. The summed E-state index contributed by atoms with van der Waals surface area (Å²) in [6, 6.07) is 2.06. The molecule has 1 heterocycles. The highest BCUT2D eigenvalue weighted by molar-refractivity contribution is 7.89. The van der Waals surface area contributed by atoms with Gasteiger partial charge in [0.2, 0.25) is 15.9 Å². The minimum atomic E-state index is -3.96. The van der Waals surface area contributed by atoms with Crippen LogP contribution in [0.25, 0.3) is 0 Å². The zero-order valence-electron chi connectivity index (χ0n) is 14.5. The van der Waals surface area contributed by atoms with E-state index in [-0.39, 0.29) is 17.2 Å². The van der Waals surface area contributed by atoms with Gasteiger partial charge in [-0.1, -0.05) is 13.8 Å². The Labute approximate surface area is 147 Å². The van der Waals surface area contributed by atoms with Gasteiger partial charge >= 0.3 is 0 Å². The first-order valence-electron chi connectivity index (χ1n) is 8.44. The molecule has 1 atom stereocenters. The van der Waals surface area contributed by atoms with E-state index < -0.39 is 27.7 Å². The lowest BCUT2D eigenvalue weighted by Crippen LogP contribution is -2.36. The first-order valence-corrected chi connectivity index (χ1v) is 9.92. The summed E-state index contributed by atoms with van der Waals surface area (Å²) in [4.78, 5) is 13.6. The highest BCUT2D eigenvalue weighted by Gasteiger charge is 2.26. The molecule has 2 rings (SSSR count). The summed E-state index contributed by atoms with van der Waals surface area (Å²) in [7, 11) is -3.96. The van der Waals surface area contributed by atoms with Gasteiger partial charge in [0.1, 0.15) is 0 Å². The molecule has 0 aliphatic carbocycles. The third-order valence-electron chi connectivity index (χ3n) is 4.31. The summed E-state index contributed by atoms with van der Waals surface area (Å²) >= 11 is 0. The van der Waals surface area contributed by atoms with Gasteiger partial charge in [-0.25, -0.2) is 21.9 Å². The van der Waals surface area contributed by atoms with E-state index in [1.165, 1.54) is 0 Å². The van der Waals surface area contributed by atoms with Crippen molar-refractivity contribution in [2.24, 2.45) is 5.92 Å². The van der Waals surface area contributed by atoms with Gasteiger partial charge in [0.05, 0.1) is 4.90 Å². The van der Waals surface area contributed by atoms with E-state index in [0.29, 0.717) is 37.9 Å². The van der Waals surface area contributed by atoms with Crippen LogP contribution in [-0.2, 0) is 14.8 Å². The number of hydrogen-bond acceptors (Lipinski definition) is 3. The fraction of sp³-hybridized carbons (Fsp3) is 0.588. The van der Waals surface area contributed by atoms with Crippen LogP contribution in [-0.4, -0.2) is 38.4 Å². The van der Waals surface area contributed by atoms with Gasteiger partial charge in [0.25, 0.3) is 0 Å². The Kier molecular flexibility index (Phi) is 6.51. The molecule has 0 saturated carbocycles. The largest absolute Gasteiger partial charge is 0.343 e. The van der Waals surface area contributed by atoms with E-state index in [1.807, 2.05) is 0 Å². The van der Waals surface area contributed by atoms with Crippen LogP contribution in [0.3, 0.4) is 0 Å². The van der Waals surface area contributed by atoms with Crippen molar-refractivity contribution in [2.45, 2.75) is 50.5 Å². The van der Waals surface area contributed by atoms with E-state index in [1.54, 1.807) is 4.90 Å². The average molecular weight is 374 g/mol. The Hall–Kier alpha value is -1.54. The van der Waals surface area contributed by atoms with Crippen molar-refractivity contribution < 1.29 is 22.0 Å². The van der Waals surface area contributed by atoms with Crippen molar-refractivity contribution in [1.29, 1.82) is 0 Å². The molecular formula is C17H24F2N2O3S. The SMILES string of the molecule is CC(C)CCN1CCC(NS(=O)(=O)c2ccc(F)c(F)c2)CCC1=O. The van der Waals surface area contributed by atoms with Gasteiger partial charge in [-0.2, -0.15) is 0 Å². The fourth-order valence-electron chi connectivity index (χ4n) is 2.74. The number of nitrogens with zero attached hydrogens (tertiary/aromatic N) is 1. The van der Waals surface area contributed by atoms with Crippen LogP contribution in [0.15, 0.2) is 23.1 Å². The van der Waals surface area contributed by atoms with Crippen molar-refractivity contribution in [3.05, 3.63) is 29.8 Å². The summed E-state index contributed by atoms with van der Waals surface area (Å²) in [6.45, 7) is 5.32. The lowest BCUT2D eigenvalue weighted by atomic mass is 10.1. The molecule has 0 radical (unpaired) electrons. The second-order valence-corrected chi connectivity index (χ2v) is 8.50. The third kappa shape index (κ3) is 5.47. The zero-order chi connectivity index (χ0) is 18.6. The monoisotopic (exact) mass is 374 g/mol. The fourth-order valence-corrected chi connectivity index (χ4v) is 4.05. The predicted octanol–water partition coefficient (Wildman–Crippen LogP) is 2.67. The van der Waals surface area contributed by atoms with E-state index in [9.17, 15) is 22.0 Å². The summed E-state index contributed by atoms with van der Waals surface area (Å²) in [5, 5.41) is 0. The molecule has 1 aromatic rings. The Morgan fingerprint density at radius 2 is 1.96 bits per heavy atom. The number of sulfonamides is 1. The molecule has 1 N–H and O–H groups in total. The van der Waals surface area contributed by atoms with Crippen LogP contribution in [0.5, 0.6) is 0 Å². The molecule has 1 aliphatic rings. The van der Waals surface area contributed by atoms with Crippen molar-refractivity contribution in [1.82, 2.24) is 9.62 Å². The van der Waals surface area contributed by atoms with Gasteiger partial charge in [-0.15, -0.1) is 0 Å². The van der Waals surface area contributed by atoms with Gasteiger partial charge < -0.3 is 4.90 Å². The number of amides is 1. The molecule has 5 nitrogen and oxygen atoms in total. The maximum Gasteiger partial charge on any atom is 0.240 e. The summed E-state index contributed by atoms with van der Waals surface area (Å²) < 4.78 is 53.5. The van der Waals surface area contributed by atoms with E-state index in [4.69, 9.17) is 0 Å². The van der Waals surface area contributed by atoms with Crippen molar-refractivity contribution in [3.8, 4) is 0 Å². The summed E-state index contributed by atoms with van der Waals surface area (Å²) in [5.74, 6) is -1.80. The molecule has 1 fully saturated rings. The van der Waals surface area contributed by atoms with Crippen molar-refractivity contribution >= 4 is 15.9 Å². The molecule has 1 unspecified atom stereocenters. The number of likely N-dealkylation sites (tertiary alicyclic amines) is 1. The zero-order valence-corrected chi connectivity index (χ0v) is 15.3. The molecule has 1 saturated heterocycles. The first-order chi connectivity index (χ1) is 11.7. The highest BCUT2D eigenvalue weighted by atomic mass is 32.2. The lowest BCUT2D eigenvalue weighted by Gasteiger charge is -2.22. The van der Waals surface area contributed by atoms with E-state index in [0.717, 1.165) is 18.6 Å². The van der Waals surface area contributed by atoms with Crippen LogP contribution in [0.4, 0.5) is 8.78 Å². The third-order valence-corrected chi connectivity index (χ3v) is 5.82. The summed E-state index contributed by atoms with van der Waals surface area (Å²) in [6.07, 6.45) is 2.05. The molecule has 0 bridgehead atoms. The molecule has 0 aromatic heterocycles. The van der Waals surface area contributed by atoms with Crippen molar-refractivity contribution in [2.75, 3.05) is 13.1 Å². The smallest absolute Gasteiger partial charge is 0.240 e. The Bertz CT molecular complexity index is 723. The second-order valence-electron chi connectivity index (χ2n) is 6.78. The normalized spacial score (nSPS) is 19.3. The van der Waals surface area contributed by atoms with Gasteiger partial charge in [0, 0.05) is 25.6 Å². The number of benzene rings is 1. The number of rotatable bonds is 6. The minimum absolute atomic E-state index is 0.0233. The Morgan fingerprint density at radius 1 is 1.24 bits per heavy atom. The number of carbonyl (C=O) groups is 1. The topological polar surface area (TPSA) is 66.5 Å². The van der Waals surface area contributed by atoms with Crippen LogP contribution in [0, 0.1) is 17.6 Å². The van der Waals surface area contributed by atoms with E-state index >= 15 is 0 Å². The molecule has 0 spiro atoms. The molecule has 1 aromatic carbocycles. The molecule has 8 heteroatoms. The quantitative estimate of drug-likeness (QED) is 0.832. The van der Waals surface area contributed by atoms with Gasteiger partial charge in [-0.3, -0.25) is 4.79 Å². The minimum Gasteiger partial charge on any atom is -0.343 e. The Balaban J connectivity index is 2.02. The predicted molar refractivity (Wildman–Crippen MR) is 90.4 cm³/mol. The van der Waals surface area contributed by atoms with Gasteiger partial charge in [0.15, 0.2) is 11.6 Å². The van der Waals surface area contributed by atoms with Crippen LogP contribution in [0.1, 0.15) is 39.5 Å². The maximum absolute atomic E-state index is 13.3. The lowest BCUT2D eigenvalue weighted by molar-refractivity contribution is -0.130. The molecule has 1 amide bonds. The standard InChI is InChI=1S/C17H24F2N2O3S/c1-12(2)7-9-21-10-8-13(3-6-17(21)22)20-25(23,24)14-4-5-15(18)16(19)11-14/h4-5,11-13,20H,3,6-10H2,1-2H3. The van der Waals surface area contributed by atoms with Crippen molar-refractivity contribution in [3.63, 3.8) is 0 Å². The molecule has 25 heavy (non-hydrogen) atoms. The van der Waals surface area contributed by atoms with Crippen LogP contribution >= 0.6 is 0 Å². The number of hydrogen-bond donors (Lipinski definition) is 1. The highest BCUT2D eigenvalue weighted by Crippen LogP contribution is 2.18. The number of nitrogens with one attached hydrogen (secondary N) is 1. The number of halogens is 2. The van der Waals surface area contributed by atoms with Gasteiger partial charge in [-0.05, 0) is 43.4 Å². The summed E-state index contributed by atoms with van der Waals surface area (Å²) in [5.41, 5.74) is 0. The molecule has 1 aliphatic heterocycles. The van der Waals surface area contributed by atoms with E-state index in [2.05, 4.69) is 18.6 Å². The number of carbonyl (C=O) groups excluding carboxylic acids is 1. The first kappa shape index (κ1) is 19.8. The maximum atomic E-state index is 13.3. The Morgan fingerprint density at radius 3 is 2.60 bits per heavy atom. The molecule has 140 valence electrons. The van der Waals surface area contributed by atoms with Crippen LogP contribution in [0.2, 0.25) is 0 Å². The molecular weight excluding hydrogens is 350 g/mol. The average Bonchev–Trinajstić information content (AvgIpc) is 2.70. The van der Waals surface area contributed by atoms with Crippen LogP contribution < -0.4 is 4.72 Å².